The van der Waals surface area contributed by atoms with Crippen LogP contribution in [0.1, 0.15) is 24.9 Å². The number of amides is 1. The minimum atomic E-state index is -0.506. The fraction of sp³-hybridized carbons (Fsp3) is 0.500. The number of methoxy groups -OCH3 is 2. The van der Waals surface area contributed by atoms with Crippen molar-refractivity contribution in [2.45, 2.75) is 25.5 Å². The van der Waals surface area contributed by atoms with Gasteiger partial charge < -0.3 is 20.5 Å². The molecule has 0 aliphatic rings. The van der Waals surface area contributed by atoms with Crippen molar-refractivity contribution < 1.29 is 18.7 Å². The third kappa shape index (κ3) is 4.18. The first kappa shape index (κ1) is 16.4. The second kappa shape index (κ2) is 7.81. The van der Waals surface area contributed by atoms with Crippen molar-refractivity contribution in [1.29, 1.82) is 0 Å². The maximum Gasteiger partial charge on any atom is 0.223 e. The lowest BCUT2D eigenvalue weighted by atomic mass is 10.1. The fourth-order valence-electron chi connectivity index (χ4n) is 1.96. The maximum atomic E-state index is 13.9. The molecule has 2 unspecified atom stereocenters. The molecule has 112 valence electrons. The van der Waals surface area contributed by atoms with Crippen LogP contribution < -0.4 is 15.8 Å². The van der Waals surface area contributed by atoms with Gasteiger partial charge in [0.05, 0.1) is 31.2 Å². The number of carbonyl (C=O) groups is 1. The van der Waals surface area contributed by atoms with Crippen molar-refractivity contribution in [3.05, 3.63) is 29.6 Å². The molecule has 5 nitrogen and oxygen atoms in total. The van der Waals surface area contributed by atoms with Gasteiger partial charge in [0.2, 0.25) is 5.91 Å². The molecule has 0 aliphatic carbocycles. The Morgan fingerprint density at radius 1 is 1.45 bits per heavy atom. The molecular weight excluding hydrogens is 263 g/mol. The molecular formula is C14H21FN2O3. The van der Waals surface area contributed by atoms with E-state index in [9.17, 15) is 9.18 Å². The van der Waals surface area contributed by atoms with Crippen LogP contribution in [-0.4, -0.2) is 32.8 Å². The Kier molecular flexibility index (Phi) is 6.41. The van der Waals surface area contributed by atoms with Crippen molar-refractivity contribution >= 4 is 5.91 Å². The predicted molar refractivity (Wildman–Crippen MR) is 74.0 cm³/mol. The number of hydrogen-bond donors (Lipinski definition) is 2. The molecule has 0 saturated heterocycles. The van der Waals surface area contributed by atoms with E-state index in [1.807, 2.05) is 0 Å². The van der Waals surface area contributed by atoms with Gasteiger partial charge in [0.15, 0.2) is 0 Å². The van der Waals surface area contributed by atoms with Crippen LogP contribution in [0.15, 0.2) is 18.2 Å². The first-order valence-electron chi connectivity index (χ1n) is 6.38. The van der Waals surface area contributed by atoms with Gasteiger partial charge in [-0.25, -0.2) is 4.39 Å². The molecule has 0 aromatic heterocycles. The highest BCUT2D eigenvalue weighted by Crippen LogP contribution is 2.27. The third-order valence-corrected chi connectivity index (χ3v) is 3.05. The lowest BCUT2D eigenvalue weighted by molar-refractivity contribution is -0.124. The molecule has 0 spiro atoms. The van der Waals surface area contributed by atoms with E-state index in [0.717, 1.165) is 0 Å². The number of halogens is 1. The van der Waals surface area contributed by atoms with E-state index >= 15 is 0 Å². The van der Waals surface area contributed by atoms with Gasteiger partial charge in [0.25, 0.3) is 0 Å². The summed E-state index contributed by atoms with van der Waals surface area (Å²) < 4.78 is 24.0. The molecule has 0 heterocycles. The number of carbonyl (C=O) groups excluding carboxylic acids is 1. The molecule has 0 aliphatic heterocycles. The Morgan fingerprint density at radius 2 is 2.15 bits per heavy atom. The Bertz CT molecular complexity index is 450. The zero-order chi connectivity index (χ0) is 15.1. The van der Waals surface area contributed by atoms with Crippen molar-refractivity contribution in [3.63, 3.8) is 0 Å². The maximum absolute atomic E-state index is 13.9. The van der Waals surface area contributed by atoms with E-state index < -0.39 is 11.9 Å². The standard InChI is InChI=1S/C14H21FN2O3/c1-9(17-13(18)7-10(8-16)19-2)14-11(15)5-4-6-12(14)20-3/h4-6,9-10H,7-8,16H2,1-3H3,(H,17,18). The predicted octanol–water partition coefficient (Wildman–Crippen LogP) is 1.38. The van der Waals surface area contributed by atoms with E-state index in [1.165, 1.54) is 20.3 Å². The van der Waals surface area contributed by atoms with Crippen LogP contribution >= 0.6 is 0 Å². The number of rotatable bonds is 7. The highest BCUT2D eigenvalue weighted by Gasteiger charge is 2.19. The average Bonchev–Trinajstić information content (AvgIpc) is 2.43. The fourth-order valence-corrected chi connectivity index (χ4v) is 1.96. The summed E-state index contributed by atoms with van der Waals surface area (Å²) >= 11 is 0. The highest BCUT2D eigenvalue weighted by molar-refractivity contribution is 5.77. The summed E-state index contributed by atoms with van der Waals surface area (Å²) in [5.41, 5.74) is 5.78. The number of hydrogen-bond acceptors (Lipinski definition) is 4. The summed E-state index contributed by atoms with van der Waals surface area (Å²) in [7, 11) is 2.95. The monoisotopic (exact) mass is 284 g/mol. The number of benzene rings is 1. The average molecular weight is 284 g/mol. The van der Waals surface area contributed by atoms with Crippen molar-refractivity contribution in [2.24, 2.45) is 5.73 Å². The quantitative estimate of drug-likeness (QED) is 0.793. The Hall–Kier alpha value is -1.66. The molecule has 1 amide bonds. The van der Waals surface area contributed by atoms with Gasteiger partial charge in [-0.15, -0.1) is 0 Å². The van der Waals surface area contributed by atoms with Gasteiger partial charge in [-0.1, -0.05) is 6.07 Å². The second-order valence-corrected chi connectivity index (χ2v) is 4.44. The first-order valence-corrected chi connectivity index (χ1v) is 6.38. The van der Waals surface area contributed by atoms with Crippen LogP contribution in [-0.2, 0) is 9.53 Å². The van der Waals surface area contributed by atoms with Crippen LogP contribution in [0.4, 0.5) is 4.39 Å². The molecule has 1 aromatic rings. The molecule has 3 N–H and O–H groups in total. The minimum Gasteiger partial charge on any atom is -0.496 e. The van der Waals surface area contributed by atoms with Gasteiger partial charge in [-0.2, -0.15) is 0 Å². The first-order chi connectivity index (χ1) is 9.53. The number of nitrogens with two attached hydrogens (primary N) is 1. The van der Waals surface area contributed by atoms with Gasteiger partial charge in [0, 0.05) is 13.7 Å². The molecule has 0 bridgehead atoms. The topological polar surface area (TPSA) is 73.6 Å². The zero-order valence-corrected chi connectivity index (χ0v) is 12.0. The van der Waals surface area contributed by atoms with Crippen LogP contribution in [0.2, 0.25) is 0 Å². The van der Waals surface area contributed by atoms with E-state index in [1.54, 1.807) is 19.1 Å². The zero-order valence-electron chi connectivity index (χ0n) is 12.0. The van der Waals surface area contributed by atoms with E-state index in [2.05, 4.69) is 5.32 Å². The lowest BCUT2D eigenvalue weighted by Crippen LogP contribution is -2.33. The van der Waals surface area contributed by atoms with Crippen LogP contribution in [0, 0.1) is 5.82 Å². The van der Waals surface area contributed by atoms with Crippen LogP contribution in [0.25, 0.3) is 0 Å². The third-order valence-electron chi connectivity index (χ3n) is 3.05. The van der Waals surface area contributed by atoms with Crippen molar-refractivity contribution in [2.75, 3.05) is 20.8 Å². The Labute approximate surface area is 118 Å². The molecule has 20 heavy (non-hydrogen) atoms. The van der Waals surface area contributed by atoms with Gasteiger partial charge in [-0.3, -0.25) is 4.79 Å². The van der Waals surface area contributed by atoms with E-state index in [-0.39, 0.29) is 25.0 Å². The van der Waals surface area contributed by atoms with Crippen LogP contribution in [0.5, 0.6) is 5.75 Å². The molecule has 6 heteroatoms. The Balaban J connectivity index is 2.76. The summed E-state index contributed by atoms with van der Waals surface area (Å²) in [5.74, 6) is -0.265. The molecule has 0 radical (unpaired) electrons. The van der Waals surface area contributed by atoms with E-state index in [0.29, 0.717) is 11.3 Å². The lowest BCUT2D eigenvalue weighted by Gasteiger charge is -2.19. The Morgan fingerprint density at radius 3 is 2.70 bits per heavy atom. The molecule has 0 fully saturated rings. The van der Waals surface area contributed by atoms with Crippen LogP contribution in [0.3, 0.4) is 0 Å². The SMILES string of the molecule is COc1cccc(F)c1C(C)NC(=O)CC(CN)OC. The van der Waals surface area contributed by atoms with E-state index in [4.69, 9.17) is 15.2 Å². The summed E-state index contributed by atoms with van der Waals surface area (Å²) in [6, 6.07) is 4.03. The summed E-state index contributed by atoms with van der Waals surface area (Å²) in [6.45, 7) is 1.95. The second-order valence-electron chi connectivity index (χ2n) is 4.44. The highest BCUT2D eigenvalue weighted by atomic mass is 19.1. The molecule has 0 saturated carbocycles. The van der Waals surface area contributed by atoms with Crippen molar-refractivity contribution in [3.8, 4) is 5.75 Å². The summed E-state index contributed by atoms with van der Waals surface area (Å²) in [4.78, 5) is 11.9. The number of nitrogens with one attached hydrogen (secondary N) is 1. The smallest absolute Gasteiger partial charge is 0.223 e. The van der Waals surface area contributed by atoms with Gasteiger partial charge >= 0.3 is 0 Å². The molecule has 1 rings (SSSR count). The number of ether oxygens (including phenoxy) is 2. The molecule has 2 atom stereocenters. The van der Waals surface area contributed by atoms with Gasteiger partial charge in [-0.05, 0) is 19.1 Å². The van der Waals surface area contributed by atoms with Crippen molar-refractivity contribution in [1.82, 2.24) is 5.32 Å². The minimum absolute atomic E-state index is 0.133. The largest absolute Gasteiger partial charge is 0.496 e. The molecule has 1 aromatic carbocycles. The normalized spacial score (nSPS) is 13.7. The van der Waals surface area contributed by atoms with Gasteiger partial charge in [0.1, 0.15) is 11.6 Å². The summed E-state index contributed by atoms with van der Waals surface area (Å²) in [5, 5.41) is 2.72. The summed E-state index contributed by atoms with van der Waals surface area (Å²) in [6.07, 6.45) is -0.210.